The summed E-state index contributed by atoms with van der Waals surface area (Å²) >= 11 is 0. The number of carbonyl (C=O) groups is 1. The minimum Gasteiger partial charge on any atom is -0.496 e. The van der Waals surface area contributed by atoms with Gasteiger partial charge in [0.15, 0.2) is 0 Å². The second-order valence-electron chi connectivity index (χ2n) is 7.89. The maximum absolute atomic E-state index is 13.6. The van der Waals surface area contributed by atoms with E-state index in [1.165, 1.54) is 4.31 Å². The highest BCUT2D eigenvalue weighted by Crippen LogP contribution is 2.29. The Balaban J connectivity index is 1.65. The van der Waals surface area contributed by atoms with E-state index in [9.17, 15) is 13.2 Å². The van der Waals surface area contributed by atoms with Crippen molar-refractivity contribution in [2.24, 2.45) is 0 Å². The molecule has 1 aliphatic heterocycles. The van der Waals surface area contributed by atoms with Crippen LogP contribution in [-0.4, -0.2) is 31.8 Å². The molecule has 1 N–H and O–H groups in total. The lowest BCUT2D eigenvalue weighted by Crippen LogP contribution is -2.52. The van der Waals surface area contributed by atoms with Crippen LogP contribution in [0.1, 0.15) is 22.3 Å². The van der Waals surface area contributed by atoms with E-state index >= 15 is 0 Å². The first-order chi connectivity index (χ1) is 15.4. The quantitative estimate of drug-likeness (QED) is 0.624. The van der Waals surface area contributed by atoms with Crippen molar-refractivity contribution in [3.63, 3.8) is 0 Å². The first-order valence-corrected chi connectivity index (χ1v) is 11.9. The monoisotopic (exact) mass is 450 g/mol. The van der Waals surface area contributed by atoms with Gasteiger partial charge in [0.1, 0.15) is 11.8 Å². The summed E-state index contributed by atoms with van der Waals surface area (Å²) in [5.74, 6) is 0.340. The largest absolute Gasteiger partial charge is 0.496 e. The van der Waals surface area contributed by atoms with E-state index in [-0.39, 0.29) is 23.9 Å². The normalized spacial score (nSPS) is 16.2. The molecule has 0 saturated carbocycles. The summed E-state index contributed by atoms with van der Waals surface area (Å²) in [4.78, 5) is 13.5. The number of methoxy groups -OCH3 is 1. The molecule has 166 valence electrons. The number of sulfonamides is 1. The van der Waals surface area contributed by atoms with Gasteiger partial charge >= 0.3 is 0 Å². The number of aryl methyl sites for hydroxylation is 1. The van der Waals surface area contributed by atoms with Crippen molar-refractivity contribution in [2.45, 2.75) is 37.4 Å². The molecule has 0 fully saturated rings. The molecule has 3 aromatic carbocycles. The number of nitrogens with zero attached hydrogens (tertiary/aromatic N) is 1. The predicted molar refractivity (Wildman–Crippen MR) is 123 cm³/mol. The summed E-state index contributed by atoms with van der Waals surface area (Å²) in [6.45, 7) is 2.25. The van der Waals surface area contributed by atoms with Crippen molar-refractivity contribution in [3.8, 4) is 5.75 Å². The Morgan fingerprint density at radius 1 is 1.03 bits per heavy atom. The van der Waals surface area contributed by atoms with Crippen molar-refractivity contribution in [2.75, 3.05) is 7.11 Å². The van der Waals surface area contributed by atoms with E-state index in [2.05, 4.69) is 5.32 Å². The van der Waals surface area contributed by atoms with Gasteiger partial charge in [-0.3, -0.25) is 4.79 Å². The fourth-order valence-corrected chi connectivity index (χ4v) is 5.71. The number of fused-ring (bicyclic) bond motifs is 1. The Kier molecular flexibility index (Phi) is 6.30. The topological polar surface area (TPSA) is 75.7 Å². The smallest absolute Gasteiger partial charge is 0.244 e. The number of hydrogen-bond acceptors (Lipinski definition) is 4. The Hall–Kier alpha value is -3.16. The SMILES string of the molecule is COc1ccccc1CNC(=O)[C@@H]1Cc2ccccc2CN1S(=O)(=O)c1cccc(C)c1. The number of amides is 1. The number of nitrogens with one attached hydrogen (secondary N) is 1. The van der Waals surface area contributed by atoms with Crippen molar-refractivity contribution < 1.29 is 17.9 Å². The average Bonchev–Trinajstić information content (AvgIpc) is 2.81. The lowest BCUT2D eigenvalue weighted by atomic mass is 9.95. The van der Waals surface area contributed by atoms with Crippen LogP contribution in [0.15, 0.2) is 77.7 Å². The molecule has 1 heterocycles. The fourth-order valence-electron chi connectivity index (χ4n) is 4.04. The van der Waals surface area contributed by atoms with Crippen LogP contribution in [0.25, 0.3) is 0 Å². The lowest BCUT2D eigenvalue weighted by molar-refractivity contribution is -0.125. The van der Waals surface area contributed by atoms with Crippen molar-refractivity contribution in [1.82, 2.24) is 9.62 Å². The molecule has 0 aromatic heterocycles. The van der Waals surface area contributed by atoms with Crippen LogP contribution < -0.4 is 10.1 Å². The number of hydrogen-bond donors (Lipinski definition) is 1. The number of ether oxygens (including phenoxy) is 1. The van der Waals surface area contributed by atoms with Gasteiger partial charge in [0.05, 0.1) is 12.0 Å². The van der Waals surface area contributed by atoms with Crippen LogP contribution in [0.3, 0.4) is 0 Å². The molecule has 1 aliphatic rings. The molecule has 1 atom stereocenters. The highest BCUT2D eigenvalue weighted by atomic mass is 32.2. The lowest BCUT2D eigenvalue weighted by Gasteiger charge is -2.35. The highest BCUT2D eigenvalue weighted by Gasteiger charge is 2.39. The van der Waals surface area contributed by atoms with Gasteiger partial charge in [-0.05, 0) is 48.2 Å². The number of rotatable bonds is 6. The average molecular weight is 451 g/mol. The minimum atomic E-state index is -3.87. The molecule has 0 radical (unpaired) electrons. The van der Waals surface area contributed by atoms with Gasteiger partial charge in [-0.25, -0.2) is 8.42 Å². The van der Waals surface area contributed by atoms with Crippen LogP contribution in [0.4, 0.5) is 0 Å². The van der Waals surface area contributed by atoms with Gasteiger partial charge < -0.3 is 10.1 Å². The molecule has 1 amide bonds. The molecule has 0 spiro atoms. The zero-order chi connectivity index (χ0) is 22.7. The molecule has 4 rings (SSSR count). The molecule has 6 nitrogen and oxygen atoms in total. The second kappa shape index (κ2) is 9.14. The van der Waals surface area contributed by atoms with Crippen LogP contribution in [0, 0.1) is 6.92 Å². The maximum atomic E-state index is 13.6. The van der Waals surface area contributed by atoms with Crippen LogP contribution in [0.2, 0.25) is 0 Å². The van der Waals surface area contributed by atoms with Gasteiger partial charge in [0.25, 0.3) is 0 Å². The zero-order valence-corrected chi connectivity index (χ0v) is 18.9. The third kappa shape index (κ3) is 4.40. The van der Waals surface area contributed by atoms with Crippen molar-refractivity contribution in [1.29, 1.82) is 0 Å². The first-order valence-electron chi connectivity index (χ1n) is 10.4. The molecule has 0 unspecified atom stereocenters. The van der Waals surface area contributed by atoms with Gasteiger partial charge in [0, 0.05) is 18.7 Å². The van der Waals surface area contributed by atoms with E-state index in [1.807, 2.05) is 61.5 Å². The molecule has 7 heteroatoms. The highest BCUT2D eigenvalue weighted by molar-refractivity contribution is 7.89. The molecule has 3 aromatic rings. The third-order valence-corrected chi connectivity index (χ3v) is 7.60. The maximum Gasteiger partial charge on any atom is 0.244 e. The summed E-state index contributed by atoms with van der Waals surface area (Å²) in [6, 6.07) is 21.0. The molecule has 0 aliphatic carbocycles. The molecule has 0 saturated heterocycles. The number of benzene rings is 3. The summed E-state index contributed by atoms with van der Waals surface area (Å²) in [7, 11) is -2.29. The van der Waals surface area contributed by atoms with Gasteiger partial charge in [0.2, 0.25) is 15.9 Å². The predicted octanol–water partition coefficient (Wildman–Crippen LogP) is 3.44. The number of carbonyl (C=O) groups excluding carboxylic acids is 1. The summed E-state index contributed by atoms with van der Waals surface area (Å²) in [6.07, 6.45) is 0.318. The molecular weight excluding hydrogens is 424 g/mol. The second-order valence-corrected chi connectivity index (χ2v) is 9.78. The van der Waals surface area contributed by atoms with Crippen LogP contribution >= 0.6 is 0 Å². The first kappa shape index (κ1) is 22.0. The molecular formula is C25H26N2O4S. The molecule has 32 heavy (non-hydrogen) atoms. The van der Waals surface area contributed by atoms with E-state index in [4.69, 9.17) is 4.74 Å². The molecule has 0 bridgehead atoms. The fraction of sp³-hybridized carbons (Fsp3) is 0.240. The van der Waals surface area contributed by atoms with E-state index in [1.54, 1.807) is 25.3 Å². The Morgan fingerprint density at radius 2 is 1.75 bits per heavy atom. The van der Waals surface area contributed by atoms with E-state index in [0.717, 1.165) is 22.3 Å². The van der Waals surface area contributed by atoms with Crippen molar-refractivity contribution >= 4 is 15.9 Å². The minimum absolute atomic E-state index is 0.152. The Labute approximate surface area is 188 Å². The Bertz CT molecular complexity index is 1240. The summed E-state index contributed by atoms with van der Waals surface area (Å²) in [5.41, 5.74) is 3.58. The zero-order valence-electron chi connectivity index (χ0n) is 18.1. The van der Waals surface area contributed by atoms with Gasteiger partial charge in [-0.15, -0.1) is 0 Å². The summed E-state index contributed by atoms with van der Waals surface area (Å²) < 4.78 is 33.8. The van der Waals surface area contributed by atoms with Gasteiger partial charge in [-0.2, -0.15) is 4.31 Å². The van der Waals surface area contributed by atoms with E-state index in [0.29, 0.717) is 12.2 Å². The van der Waals surface area contributed by atoms with Gasteiger partial charge in [-0.1, -0.05) is 54.6 Å². The summed E-state index contributed by atoms with van der Waals surface area (Å²) in [5, 5.41) is 2.91. The van der Waals surface area contributed by atoms with Crippen molar-refractivity contribution in [3.05, 3.63) is 95.1 Å². The van der Waals surface area contributed by atoms with E-state index < -0.39 is 16.1 Å². The van der Waals surface area contributed by atoms with Crippen LogP contribution in [0.5, 0.6) is 5.75 Å². The van der Waals surface area contributed by atoms with Crippen LogP contribution in [-0.2, 0) is 34.3 Å². The Morgan fingerprint density at radius 3 is 2.50 bits per heavy atom. The third-order valence-electron chi connectivity index (χ3n) is 5.75. The number of para-hydroxylation sites is 1. The standard InChI is InChI=1S/C25H26N2O4S/c1-18-8-7-12-22(14-18)32(29,30)27-17-21-11-4-3-9-19(21)15-23(27)25(28)26-16-20-10-5-6-13-24(20)31-2/h3-14,23H,15-17H2,1-2H3,(H,26,28)/t23-/m0/s1.